The number of nitrogens with one attached hydrogen (secondary N) is 1. The van der Waals surface area contributed by atoms with E-state index in [0.29, 0.717) is 30.7 Å². The number of rotatable bonds is 6. The highest BCUT2D eigenvalue weighted by molar-refractivity contribution is 5.93. The van der Waals surface area contributed by atoms with Crippen LogP contribution in [0.2, 0.25) is 0 Å². The van der Waals surface area contributed by atoms with Crippen LogP contribution in [-0.2, 0) is 4.79 Å². The van der Waals surface area contributed by atoms with Gasteiger partial charge in [-0.1, -0.05) is 18.2 Å². The molecular weight excluding hydrogens is 318 g/mol. The fourth-order valence-corrected chi connectivity index (χ4v) is 2.57. The first kappa shape index (κ1) is 16.8. The van der Waals surface area contributed by atoms with Gasteiger partial charge < -0.3 is 14.5 Å². The van der Waals surface area contributed by atoms with E-state index in [1.54, 1.807) is 12.1 Å². The number of aryl methyl sites for hydroxylation is 1. The van der Waals surface area contributed by atoms with E-state index in [2.05, 4.69) is 5.32 Å². The Labute approximate surface area is 145 Å². The van der Waals surface area contributed by atoms with Gasteiger partial charge in [0.1, 0.15) is 11.3 Å². The largest absolute Gasteiger partial charge is 0.494 e. The summed E-state index contributed by atoms with van der Waals surface area (Å²) in [5.74, 6) is 0.689. The number of anilines is 1. The predicted molar refractivity (Wildman–Crippen MR) is 97.0 cm³/mol. The second kappa shape index (κ2) is 7.66. The number of ether oxygens (including phenoxy) is 1. The van der Waals surface area contributed by atoms with E-state index < -0.39 is 5.63 Å². The molecule has 1 N–H and O–H groups in total. The third-order valence-corrected chi connectivity index (χ3v) is 3.80. The maximum Gasteiger partial charge on any atom is 0.336 e. The second-order valence-electron chi connectivity index (χ2n) is 5.77. The molecule has 0 aliphatic heterocycles. The Morgan fingerprint density at radius 2 is 1.92 bits per heavy atom. The summed E-state index contributed by atoms with van der Waals surface area (Å²) < 4.78 is 10.7. The number of benzene rings is 2. The van der Waals surface area contributed by atoms with Gasteiger partial charge in [0.05, 0.1) is 6.61 Å². The van der Waals surface area contributed by atoms with E-state index >= 15 is 0 Å². The first-order valence-corrected chi connectivity index (χ1v) is 8.14. The molecule has 0 aliphatic carbocycles. The topological polar surface area (TPSA) is 68.5 Å². The average Bonchev–Trinajstić information content (AvgIpc) is 2.59. The van der Waals surface area contributed by atoms with E-state index in [0.717, 1.165) is 16.7 Å². The molecule has 5 heteroatoms. The summed E-state index contributed by atoms with van der Waals surface area (Å²) in [6, 6.07) is 16.2. The maximum absolute atomic E-state index is 12.0. The van der Waals surface area contributed by atoms with Crippen molar-refractivity contribution in [2.75, 3.05) is 11.9 Å². The molecule has 5 nitrogen and oxygen atoms in total. The average molecular weight is 337 g/mol. The summed E-state index contributed by atoms with van der Waals surface area (Å²) in [7, 11) is 0. The van der Waals surface area contributed by atoms with Crippen molar-refractivity contribution < 1.29 is 13.9 Å². The highest BCUT2D eigenvalue weighted by atomic mass is 16.5. The Morgan fingerprint density at radius 3 is 2.72 bits per heavy atom. The Hall–Kier alpha value is -3.08. The van der Waals surface area contributed by atoms with Gasteiger partial charge in [-0.15, -0.1) is 0 Å². The number of hydrogen-bond acceptors (Lipinski definition) is 4. The van der Waals surface area contributed by atoms with Crippen molar-refractivity contribution in [2.45, 2.75) is 19.8 Å². The van der Waals surface area contributed by atoms with Crippen LogP contribution in [-0.4, -0.2) is 12.5 Å². The lowest BCUT2D eigenvalue weighted by Gasteiger charge is -2.08. The van der Waals surface area contributed by atoms with Crippen LogP contribution in [0, 0.1) is 6.92 Å². The molecule has 3 aromatic rings. The lowest BCUT2D eigenvalue weighted by Crippen LogP contribution is -2.13. The molecule has 0 atom stereocenters. The molecule has 0 spiro atoms. The molecule has 2 aromatic carbocycles. The van der Waals surface area contributed by atoms with E-state index in [1.807, 2.05) is 43.3 Å². The Morgan fingerprint density at radius 1 is 1.12 bits per heavy atom. The molecule has 0 unspecified atom stereocenters. The third-order valence-electron chi connectivity index (χ3n) is 3.80. The van der Waals surface area contributed by atoms with Crippen LogP contribution < -0.4 is 15.7 Å². The SMILES string of the molecule is Cc1cc(=O)oc2cc(NC(=O)CCCOc3ccccc3)ccc12. The van der Waals surface area contributed by atoms with Crippen molar-refractivity contribution in [3.8, 4) is 5.75 Å². The number of para-hydroxylation sites is 1. The van der Waals surface area contributed by atoms with Crippen molar-refractivity contribution >= 4 is 22.6 Å². The van der Waals surface area contributed by atoms with Gasteiger partial charge in [-0.05, 0) is 43.2 Å². The van der Waals surface area contributed by atoms with Gasteiger partial charge in [0, 0.05) is 29.6 Å². The van der Waals surface area contributed by atoms with Crippen LogP contribution in [0.15, 0.2) is 63.8 Å². The van der Waals surface area contributed by atoms with Crippen molar-refractivity contribution in [1.82, 2.24) is 0 Å². The first-order valence-electron chi connectivity index (χ1n) is 8.14. The normalized spacial score (nSPS) is 10.6. The minimum atomic E-state index is -0.397. The molecule has 128 valence electrons. The molecule has 1 aromatic heterocycles. The van der Waals surface area contributed by atoms with E-state index in [1.165, 1.54) is 6.07 Å². The molecule has 0 aliphatic rings. The molecule has 1 amide bonds. The van der Waals surface area contributed by atoms with Crippen molar-refractivity contribution in [3.63, 3.8) is 0 Å². The van der Waals surface area contributed by atoms with Gasteiger partial charge in [0.25, 0.3) is 0 Å². The maximum atomic E-state index is 12.0. The summed E-state index contributed by atoms with van der Waals surface area (Å²) >= 11 is 0. The van der Waals surface area contributed by atoms with Gasteiger partial charge in [-0.25, -0.2) is 4.79 Å². The van der Waals surface area contributed by atoms with Gasteiger partial charge in [-0.3, -0.25) is 4.79 Å². The Kier molecular flexibility index (Phi) is 5.14. The monoisotopic (exact) mass is 337 g/mol. The molecule has 3 rings (SSSR count). The van der Waals surface area contributed by atoms with Gasteiger partial charge >= 0.3 is 5.63 Å². The summed E-state index contributed by atoms with van der Waals surface area (Å²) in [5, 5.41) is 3.67. The molecule has 0 fully saturated rings. The summed E-state index contributed by atoms with van der Waals surface area (Å²) in [6.45, 7) is 2.33. The molecule has 25 heavy (non-hydrogen) atoms. The van der Waals surface area contributed by atoms with Crippen LogP contribution in [0.5, 0.6) is 5.75 Å². The zero-order valence-corrected chi connectivity index (χ0v) is 14.0. The Balaban J connectivity index is 1.54. The molecule has 0 saturated heterocycles. The minimum Gasteiger partial charge on any atom is -0.494 e. The van der Waals surface area contributed by atoms with Gasteiger partial charge in [0.2, 0.25) is 5.91 Å². The summed E-state index contributed by atoms with van der Waals surface area (Å²) in [4.78, 5) is 23.5. The summed E-state index contributed by atoms with van der Waals surface area (Å²) in [5.41, 5.74) is 1.53. The molecule has 0 saturated carbocycles. The zero-order chi connectivity index (χ0) is 17.6. The lowest BCUT2D eigenvalue weighted by atomic mass is 10.1. The van der Waals surface area contributed by atoms with Gasteiger partial charge in [-0.2, -0.15) is 0 Å². The van der Waals surface area contributed by atoms with Crippen LogP contribution in [0.4, 0.5) is 5.69 Å². The van der Waals surface area contributed by atoms with Crippen LogP contribution in [0.1, 0.15) is 18.4 Å². The minimum absolute atomic E-state index is 0.106. The van der Waals surface area contributed by atoms with Crippen molar-refractivity contribution in [2.24, 2.45) is 0 Å². The smallest absolute Gasteiger partial charge is 0.336 e. The first-order chi connectivity index (χ1) is 12.1. The highest BCUT2D eigenvalue weighted by Crippen LogP contribution is 2.21. The van der Waals surface area contributed by atoms with E-state index in [4.69, 9.17) is 9.15 Å². The lowest BCUT2D eigenvalue weighted by molar-refractivity contribution is -0.116. The number of carbonyl (C=O) groups is 1. The number of hydrogen-bond donors (Lipinski definition) is 1. The van der Waals surface area contributed by atoms with Crippen molar-refractivity contribution in [3.05, 3.63) is 70.6 Å². The van der Waals surface area contributed by atoms with Crippen LogP contribution >= 0.6 is 0 Å². The number of amides is 1. The van der Waals surface area contributed by atoms with E-state index in [9.17, 15) is 9.59 Å². The van der Waals surface area contributed by atoms with E-state index in [-0.39, 0.29) is 5.91 Å². The molecule has 0 radical (unpaired) electrons. The molecule has 1 heterocycles. The highest BCUT2D eigenvalue weighted by Gasteiger charge is 2.06. The summed E-state index contributed by atoms with van der Waals surface area (Å²) in [6.07, 6.45) is 0.963. The molecular formula is C20H19NO4. The van der Waals surface area contributed by atoms with Crippen molar-refractivity contribution in [1.29, 1.82) is 0 Å². The quantitative estimate of drug-likeness (QED) is 0.547. The fraction of sp³-hybridized carbons (Fsp3) is 0.200. The predicted octanol–water partition coefficient (Wildman–Crippen LogP) is 3.90. The standard InChI is InChI=1S/C20H19NO4/c1-14-12-20(23)25-18-13-15(9-10-17(14)18)21-19(22)8-5-11-24-16-6-3-2-4-7-16/h2-4,6-7,9-10,12-13H,5,8,11H2,1H3,(H,21,22). The number of carbonyl (C=O) groups excluding carboxylic acids is 1. The van der Waals surface area contributed by atoms with Crippen LogP contribution in [0.3, 0.4) is 0 Å². The molecule has 0 bridgehead atoms. The zero-order valence-electron chi connectivity index (χ0n) is 14.0. The number of fused-ring (bicyclic) bond motifs is 1. The second-order valence-corrected chi connectivity index (χ2v) is 5.77. The third kappa shape index (κ3) is 4.47. The van der Waals surface area contributed by atoms with Gasteiger partial charge in [0.15, 0.2) is 0 Å². The van der Waals surface area contributed by atoms with Crippen LogP contribution in [0.25, 0.3) is 11.0 Å². The fourth-order valence-electron chi connectivity index (χ4n) is 2.57. The Bertz CT molecular complexity index is 931.